The fourth-order valence-electron chi connectivity index (χ4n) is 3.68. The van der Waals surface area contributed by atoms with Gasteiger partial charge in [0.15, 0.2) is 0 Å². The summed E-state index contributed by atoms with van der Waals surface area (Å²) in [5.74, 6) is 0. The number of rotatable bonds is 3. The number of nitrogens with zero attached hydrogens (tertiary/aromatic N) is 2. The largest absolute Gasteiger partial charge is 0.299 e. The van der Waals surface area contributed by atoms with Crippen LogP contribution in [0.15, 0.2) is 42.5 Å². The average molecular weight is 420 g/mol. The van der Waals surface area contributed by atoms with Crippen LogP contribution in [0.2, 0.25) is 15.1 Å². The molecule has 1 fully saturated rings. The van der Waals surface area contributed by atoms with Crippen LogP contribution in [0.3, 0.4) is 0 Å². The van der Waals surface area contributed by atoms with Gasteiger partial charge in [0.2, 0.25) is 0 Å². The summed E-state index contributed by atoms with van der Waals surface area (Å²) in [5, 5.41) is 3.06. The molecular weight excluding hydrogens is 399 g/mol. The molecule has 0 aliphatic carbocycles. The van der Waals surface area contributed by atoms with Crippen molar-refractivity contribution in [3.8, 4) is 11.3 Å². The standard InChI is InChI=1S/C22H21Cl3N2/c23-17-8-5-15(6-9-17)20-10-7-16-13-19(24)18(21(25)22(16)26-20)14-27-11-3-1-2-4-12-27/h5-10,13H,1-4,11-12,14H2. The second kappa shape index (κ2) is 8.36. The van der Waals surface area contributed by atoms with Crippen molar-refractivity contribution >= 4 is 45.7 Å². The van der Waals surface area contributed by atoms with Crippen LogP contribution in [0.1, 0.15) is 31.2 Å². The van der Waals surface area contributed by atoms with Gasteiger partial charge in [-0.15, -0.1) is 0 Å². The van der Waals surface area contributed by atoms with Gasteiger partial charge in [-0.05, 0) is 50.2 Å². The lowest BCUT2D eigenvalue weighted by Gasteiger charge is -2.21. The zero-order chi connectivity index (χ0) is 18.8. The third-order valence-electron chi connectivity index (χ3n) is 5.19. The molecule has 0 bridgehead atoms. The predicted molar refractivity (Wildman–Crippen MR) is 116 cm³/mol. The highest BCUT2D eigenvalue weighted by atomic mass is 35.5. The molecule has 2 aromatic carbocycles. The van der Waals surface area contributed by atoms with E-state index in [0.717, 1.165) is 52.4 Å². The molecule has 27 heavy (non-hydrogen) atoms. The Morgan fingerprint density at radius 1 is 0.852 bits per heavy atom. The number of fused-ring (bicyclic) bond motifs is 1. The van der Waals surface area contributed by atoms with Gasteiger partial charge in [-0.3, -0.25) is 4.90 Å². The summed E-state index contributed by atoms with van der Waals surface area (Å²) >= 11 is 19.4. The Balaban J connectivity index is 1.72. The molecule has 0 saturated carbocycles. The summed E-state index contributed by atoms with van der Waals surface area (Å²) in [6.07, 6.45) is 5.09. The third kappa shape index (κ3) is 4.25. The maximum atomic E-state index is 6.80. The fourth-order valence-corrected chi connectivity index (χ4v) is 4.44. The highest BCUT2D eigenvalue weighted by molar-refractivity contribution is 6.39. The van der Waals surface area contributed by atoms with E-state index in [1.807, 2.05) is 42.5 Å². The van der Waals surface area contributed by atoms with E-state index in [1.165, 1.54) is 25.7 Å². The Morgan fingerprint density at radius 2 is 1.56 bits per heavy atom. The Hall–Kier alpha value is -1.32. The highest BCUT2D eigenvalue weighted by Gasteiger charge is 2.17. The van der Waals surface area contributed by atoms with Crippen LogP contribution < -0.4 is 0 Å². The smallest absolute Gasteiger partial charge is 0.0900 e. The molecule has 2 heterocycles. The van der Waals surface area contributed by atoms with Crippen LogP contribution in [0.5, 0.6) is 0 Å². The Kier molecular flexibility index (Phi) is 5.89. The topological polar surface area (TPSA) is 16.1 Å². The van der Waals surface area contributed by atoms with E-state index < -0.39 is 0 Å². The molecule has 0 spiro atoms. The minimum atomic E-state index is 0.664. The van der Waals surface area contributed by atoms with Crippen molar-refractivity contribution in [3.63, 3.8) is 0 Å². The quantitative estimate of drug-likeness (QED) is 0.445. The van der Waals surface area contributed by atoms with Gasteiger partial charge in [-0.2, -0.15) is 0 Å². The Bertz CT molecular complexity index is 946. The van der Waals surface area contributed by atoms with Gasteiger partial charge < -0.3 is 0 Å². The summed E-state index contributed by atoms with van der Waals surface area (Å²) < 4.78 is 0. The second-order valence-electron chi connectivity index (χ2n) is 7.12. The number of aromatic nitrogens is 1. The number of benzene rings is 2. The van der Waals surface area contributed by atoms with Gasteiger partial charge >= 0.3 is 0 Å². The average Bonchev–Trinajstić information content (AvgIpc) is 2.94. The SMILES string of the molecule is Clc1ccc(-c2ccc3cc(Cl)c(CN4CCCCCC4)c(Cl)c3n2)cc1. The summed E-state index contributed by atoms with van der Waals surface area (Å²) in [6.45, 7) is 2.98. The van der Waals surface area contributed by atoms with Crippen LogP contribution >= 0.6 is 34.8 Å². The maximum Gasteiger partial charge on any atom is 0.0900 e. The predicted octanol–water partition coefficient (Wildman–Crippen LogP) is 7.24. The number of pyridine rings is 1. The van der Waals surface area contributed by atoms with Gasteiger partial charge in [-0.25, -0.2) is 4.98 Å². The molecule has 2 nitrogen and oxygen atoms in total. The van der Waals surface area contributed by atoms with E-state index in [0.29, 0.717) is 10.0 Å². The van der Waals surface area contributed by atoms with Crippen LogP contribution in [0.4, 0.5) is 0 Å². The van der Waals surface area contributed by atoms with E-state index >= 15 is 0 Å². The van der Waals surface area contributed by atoms with Crippen molar-refractivity contribution in [1.82, 2.24) is 9.88 Å². The first kappa shape index (κ1) is 19.0. The molecule has 0 N–H and O–H groups in total. The maximum absolute atomic E-state index is 6.80. The molecule has 140 valence electrons. The van der Waals surface area contributed by atoms with Crippen molar-refractivity contribution in [2.45, 2.75) is 32.2 Å². The summed E-state index contributed by atoms with van der Waals surface area (Å²) in [5.41, 5.74) is 3.68. The van der Waals surface area contributed by atoms with E-state index in [2.05, 4.69) is 4.90 Å². The molecule has 0 radical (unpaired) electrons. The summed E-state index contributed by atoms with van der Waals surface area (Å²) in [6, 6.07) is 13.7. The molecule has 1 aliphatic heterocycles. The molecule has 0 unspecified atom stereocenters. The van der Waals surface area contributed by atoms with Crippen molar-refractivity contribution in [2.75, 3.05) is 13.1 Å². The van der Waals surface area contributed by atoms with Crippen molar-refractivity contribution in [1.29, 1.82) is 0 Å². The number of hydrogen-bond acceptors (Lipinski definition) is 2. The fraction of sp³-hybridized carbons (Fsp3) is 0.318. The highest BCUT2D eigenvalue weighted by Crippen LogP contribution is 2.35. The van der Waals surface area contributed by atoms with Gasteiger partial charge in [0, 0.05) is 33.1 Å². The molecule has 4 rings (SSSR count). The van der Waals surface area contributed by atoms with E-state index in [-0.39, 0.29) is 0 Å². The molecular formula is C22H21Cl3N2. The first-order valence-corrected chi connectivity index (χ1v) is 10.5. The Labute approximate surface area is 175 Å². The molecule has 1 aliphatic rings. The number of likely N-dealkylation sites (tertiary alicyclic amines) is 1. The van der Waals surface area contributed by atoms with Crippen LogP contribution in [-0.4, -0.2) is 23.0 Å². The summed E-state index contributed by atoms with van der Waals surface area (Å²) in [7, 11) is 0. The third-order valence-corrected chi connectivity index (χ3v) is 6.19. The first-order chi connectivity index (χ1) is 13.1. The molecule has 1 aromatic heterocycles. The monoisotopic (exact) mass is 418 g/mol. The van der Waals surface area contributed by atoms with Crippen molar-refractivity contribution in [3.05, 3.63) is 63.1 Å². The molecule has 1 saturated heterocycles. The second-order valence-corrected chi connectivity index (χ2v) is 8.34. The molecule has 0 atom stereocenters. The van der Waals surface area contributed by atoms with Gasteiger partial charge in [0.1, 0.15) is 0 Å². The van der Waals surface area contributed by atoms with Gasteiger partial charge in [0.05, 0.1) is 16.2 Å². The van der Waals surface area contributed by atoms with E-state index in [4.69, 9.17) is 39.8 Å². The Morgan fingerprint density at radius 3 is 2.26 bits per heavy atom. The van der Waals surface area contributed by atoms with E-state index in [1.54, 1.807) is 0 Å². The zero-order valence-electron chi connectivity index (χ0n) is 15.0. The normalized spacial score (nSPS) is 15.8. The van der Waals surface area contributed by atoms with Gasteiger partial charge in [0.25, 0.3) is 0 Å². The number of hydrogen-bond donors (Lipinski definition) is 0. The lowest BCUT2D eigenvalue weighted by Crippen LogP contribution is -2.24. The zero-order valence-corrected chi connectivity index (χ0v) is 17.3. The van der Waals surface area contributed by atoms with E-state index in [9.17, 15) is 0 Å². The van der Waals surface area contributed by atoms with Crippen LogP contribution in [0.25, 0.3) is 22.2 Å². The van der Waals surface area contributed by atoms with Crippen molar-refractivity contribution < 1.29 is 0 Å². The summed E-state index contributed by atoms with van der Waals surface area (Å²) in [4.78, 5) is 7.29. The molecule has 5 heteroatoms. The number of halogens is 3. The molecule has 3 aromatic rings. The first-order valence-electron chi connectivity index (χ1n) is 9.38. The minimum absolute atomic E-state index is 0.664. The lowest BCUT2D eigenvalue weighted by atomic mass is 10.1. The minimum Gasteiger partial charge on any atom is -0.299 e. The lowest BCUT2D eigenvalue weighted by molar-refractivity contribution is 0.277. The molecule has 0 amide bonds. The van der Waals surface area contributed by atoms with Crippen LogP contribution in [-0.2, 0) is 6.54 Å². The van der Waals surface area contributed by atoms with Crippen LogP contribution in [0, 0.1) is 0 Å². The van der Waals surface area contributed by atoms with Crippen molar-refractivity contribution in [2.24, 2.45) is 0 Å². The van der Waals surface area contributed by atoms with Gasteiger partial charge in [-0.1, -0.05) is 65.8 Å².